The van der Waals surface area contributed by atoms with Gasteiger partial charge in [-0.3, -0.25) is 4.79 Å². The number of likely N-dealkylation sites (tertiary alicyclic amines) is 1. The highest BCUT2D eigenvalue weighted by Crippen LogP contribution is 2.28. The van der Waals surface area contributed by atoms with Gasteiger partial charge in [0.05, 0.1) is 24.7 Å². The molecule has 0 radical (unpaired) electrons. The summed E-state index contributed by atoms with van der Waals surface area (Å²) in [6.07, 6.45) is 3.04. The smallest absolute Gasteiger partial charge is 0.253 e. The Morgan fingerprint density at radius 2 is 1.80 bits per heavy atom. The number of benzene rings is 3. The second-order valence-electron chi connectivity index (χ2n) is 12.1. The van der Waals surface area contributed by atoms with Crippen LogP contribution in [0.25, 0.3) is 11.0 Å². The number of likely N-dealkylation sites (N-methyl/N-ethyl adjacent to an activating group) is 1. The zero-order valence-corrected chi connectivity index (χ0v) is 26.5. The number of methoxy groups -OCH3 is 1. The van der Waals surface area contributed by atoms with E-state index in [9.17, 15) is 4.79 Å². The van der Waals surface area contributed by atoms with Gasteiger partial charge in [0.1, 0.15) is 17.3 Å². The molecular weight excluding hydrogens is 562 g/mol. The Morgan fingerprint density at radius 3 is 2.56 bits per heavy atom. The van der Waals surface area contributed by atoms with Gasteiger partial charge in [0.25, 0.3) is 5.91 Å². The van der Waals surface area contributed by atoms with Crippen LogP contribution in [0, 0.1) is 6.92 Å². The molecule has 1 amide bonds. The molecule has 0 spiro atoms. The Bertz CT molecular complexity index is 1700. The molecule has 3 heterocycles. The van der Waals surface area contributed by atoms with Crippen molar-refractivity contribution >= 4 is 22.9 Å². The minimum absolute atomic E-state index is 0.0450. The quantitative estimate of drug-likeness (QED) is 0.168. The van der Waals surface area contributed by atoms with Crippen LogP contribution in [0.3, 0.4) is 0 Å². The van der Waals surface area contributed by atoms with Crippen molar-refractivity contribution in [2.75, 3.05) is 45.7 Å². The molecule has 8 heteroatoms. The first kappa shape index (κ1) is 30.5. The van der Waals surface area contributed by atoms with Gasteiger partial charge in [-0.2, -0.15) is 0 Å². The van der Waals surface area contributed by atoms with E-state index in [1.807, 2.05) is 79.5 Å². The van der Waals surface area contributed by atoms with E-state index in [2.05, 4.69) is 45.1 Å². The fourth-order valence-corrected chi connectivity index (χ4v) is 6.37. The number of hydrogen-bond acceptors (Lipinski definition) is 6. The Kier molecular flexibility index (Phi) is 9.50. The molecule has 1 aliphatic heterocycles. The lowest BCUT2D eigenvalue weighted by atomic mass is 9.93. The van der Waals surface area contributed by atoms with E-state index in [0.717, 1.165) is 73.1 Å². The number of ether oxygens (including phenoxy) is 1. The number of carbonyl (C=O) groups excluding carboxylic acids is 1. The fourth-order valence-electron chi connectivity index (χ4n) is 6.37. The number of furan rings is 1. The Balaban J connectivity index is 1.09. The fraction of sp³-hybridized carbons (Fsp3) is 0.351. The maximum atomic E-state index is 13.2. The maximum Gasteiger partial charge on any atom is 0.253 e. The van der Waals surface area contributed by atoms with Crippen molar-refractivity contribution < 1.29 is 13.9 Å². The summed E-state index contributed by atoms with van der Waals surface area (Å²) in [4.78, 5) is 22.5. The van der Waals surface area contributed by atoms with Crippen molar-refractivity contribution in [2.45, 2.75) is 44.7 Å². The summed E-state index contributed by atoms with van der Waals surface area (Å²) in [7, 11) is 3.60. The molecule has 0 saturated carbocycles. The molecule has 3 aromatic carbocycles. The number of aryl methyl sites for hydroxylation is 1. The second kappa shape index (κ2) is 14.0. The van der Waals surface area contributed by atoms with Gasteiger partial charge in [0.2, 0.25) is 5.95 Å². The molecule has 234 valence electrons. The Hall–Kier alpha value is -4.56. The first-order chi connectivity index (χ1) is 22.0. The largest absolute Gasteiger partial charge is 0.497 e. The van der Waals surface area contributed by atoms with Gasteiger partial charge in [-0.25, -0.2) is 4.98 Å². The monoisotopic (exact) mass is 605 g/mol. The van der Waals surface area contributed by atoms with Crippen LogP contribution in [0.5, 0.6) is 5.75 Å². The molecule has 5 aromatic rings. The molecule has 1 fully saturated rings. The Labute approximate surface area is 265 Å². The number of hydrogen-bond donors (Lipinski definition) is 1. The predicted octanol–water partition coefficient (Wildman–Crippen LogP) is 6.82. The number of carbonyl (C=O) groups is 1. The van der Waals surface area contributed by atoms with Gasteiger partial charge >= 0.3 is 0 Å². The lowest BCUT2D eigenvalue weighted by molar-refractivity contribution is 0.0782. The van der Waals surface area contributed by atoms with Gasteiger partial charge < -0.3 is 28.8 Å². The first-order valence-electron chi connectivity index (χ1n) is 15.9. The average Bonchev–Trinajstić information content (AvgIpc) is 3.65. The molecule has 1 atom stereocenters. The number of imidazole rings is 1. The number of para-hydroxylation sites is 2. The summed E-state index contributed by atoms with van der Waals surface area (Å²) >= 11 is 0. The van der Waals surface area contributed by atoms with Crippen LogP contribution in [0.1, 0.15) is 52.6 Å². The van der Waals surface area contributed by atoms with Gasteiger partial charge in [0.15, 0.2) is 0 Å². The average molecular weight is 606 g/mol. The molecule has 2 aromatic heterocycles. The van der Waals surface area contributed by atoms with E-state index in [4.69, 9.17) is 14.1 Å². The van der Waals surface area contributed by atoms with Crippen LogP contribution in [0.15, 0.2) is 95.4 Å². The van der Waals surface area contributed by atoms with E-state index in [1.165, 1.54) is 5.56 Å². The van der Waals surface area contributed by atoms with Gasteiger partial charge in [0, 0.05) is 44.2 Å². The van der Waals surface area contributed by atoms with E-state index >= 15 is 0 Å². The molecule has 45 heavy (non-hydrogen) atoms. The number of amides is 1. The van der Waals surface area contributed by atoms with E-state index in [0.29, 0.717) is 24.7 Å². The minimum Gasteiger partial charge on any atom is -0.497 e. The second-order valence-corrected chi connectivity index (χ2v) is 12.1. The lowest BCUT2D eigenvalue weighted by Crippen LogP contribution is -2.40. The molecule has 1 saturated heterocycles. The number of nitrogens with one attached hydrogen (secondary N) is 1. The molecule has 8 nitrogen and oxygen atoms in total. The highest BCUT2D eigenvalue weighted by atomic mass is 16.5. The van der Waals surface area contributed by atoms with Crippen molar-refractivity contribution in [3.8, 4) is 5.75 Å². The summed E-state index contributed by atoms with van der Waals surface area (Å²) in [5, 5.41) is 3.77. The van der Waals surface area contributed by atoms with Crippen molar-refractivity contribution in [2.24, 2.45) is 0 Å². The first-order valence-corrected chi connectivity index (χ1v) is 15.9. The van der Waals surface area contributed by atoms with Gasteiger partial charge in [-0.05, 0) is 86.8 Å². The van der Waals surface area contributed by atoms with E-state index in [1.54, 1.807) is 7.11 Å². The van der Waals surface area contributed by atoms with Crippen molar-refractivity contribution in [3.05, 3.63) is 114 Å². The zero-order chi connectivity index (χ0) is 31.2. The van der Waals surface area contributed by atoms with Crippen LogP contribution in [-0.4, -0.2) is 71.6 Å². The zero-order valence-electron chi connectivity index (χ0n) is 26.5. The molecule has 1 aliphatic rings. The minimum atomic E-state index is 0.0450. The summed E-state index contributed by atoms with van der Waals surface area (Å²) in [6, 6.07) is 30.5. The van der Waals surface area contributed by atoms with Crippen LogP contribution in [0.4, 0.5) is 5.95 Å². The highest BCUT2D eigenvalue weighted by molar-refractivity contribution is 5.94. The van der Waals surface area contributed by atoms with Crippen molar-refractivity contribution in [1.82, 2.24) is 19.4 Å². The van der Waals surface area contributed by atoms with E-state index < -0.39 is 0 Å². The van der Waals surface area contributed by atoms with Crippen molar-refractivity contribution in [1.29, 1.82) is 0 Å². The lowest BCUT2D eigenvalue weighted by Gasteiger charge is -2.34. The highest BCUT2D eigenvalue weighted by Gasteiger charge is 2.24. The summed E-state index contributed by atoms with van der Waals surface area (Å²) in [6.45, 7) is 6.26. The van der Waals surface area contributed by atoms with Crippen molar-refractivity contribution in [3.63, 3.8) is 0 Å². The van der Waals surface area contributed by atoms with Gasteiger partial charge in [-0.15, -0.1) is 0 Å². The topological polar surface area (TPSA) is 75.8 Å². The normalized spacial score (nSPS) is 14.8. The van der Waals surface area contributed by atoms with Crippen LogP contribution in [0.2, 0.25) is 0 Å². The molecule has 1 N–H and O–H groups in total. The van der Waals surface area contributed by atoms with Crippen LogP contribution >= 0.6 is 0 Å². The molecule has 6 rings (SSSR count). The number of aromatic nitrogens is 2. The number of piperidine rings is 1. The third-order valence-corrected chi connectivity index (χ3v) is 8.91. The summed E-state index contributed by atoms with van der Waals surface area (Å²) in [5.41, 5.74) is 4.00. The number of rotatable bonds is 12. The third-order valence-electron chi connectivity index (χ3n) is 8.91. The molecule has 1 unspecified atom stereocenters. The number of anilines is 1. The van der Waals surface area contributed by atoms with Crippen LogP contribution in [-0.2, 0) is 6.54 Å². The summed E-state index contributed by atoms with van der Waals surface area (Å²) < 4.78 is 13.7. The van der Waals surface area contributed by atoms with Crippen LogP contribution < -0.4 is 10.1 Å². The SMILES string of the molecule is COc1cccc(C(CCN2CCC(Nc3nc4ccccc4n3Cc3ccc(C)o3)CC2)CN(C)C(=O)c2ccccc2)c1. The number of nitrogens with zero attached hydrogens (tertiary/aromatic N) is 4. The number of fused-ring (bicyclic) bond motifs is 1. The Morgan fingerprint density at radius 1 is 1.02 bits per heavy atom. The predicted molar refractivity (Wildman–Crippen MR) is 179 cm³/mol. The van der Waals surface area contributed by atoms with E-state index in [-0.39, 0.29) is 11.8 Å². The third kappa shape index (κ3) is 7.40. The molecule has 0 aliphatic carbocycles. The molecule has 0 bridgehead atoms. The van der Waals surface area contributed by atoms with Gasteiger partial charge in [-0.1, -0.05) is 42.5 Å². The standard InChI is InChI=1S/C37H43N5O3/c1-27-16-17-33(45-27)26-42-35-15-8-7-14-34(35)39-37(42)38-31-19-22-41(23-20-31)21-18-30(29-12-9-13-32(24-29)44-3)25-40(2)36(43)28-10-5-4-6-11-28/h4-17,24,30-31H,18-23,25-26H2,1-3H3,(H,38,39). The molecular formula is C37H43N5O3. The summed E-state index contributed by atoms with van der Waals surface area (Å²) in [5.74, 6) is 3.82. The maximum absolute atomic E-state index is 13.2.